The highest BCUT2D eigenvalue weighted by molar-refractivity contribution is 6.00. The Morgan fingerprint density at radius 1 is 1.21 bits per heavy atom. The van der Waals surface area contributed by atoms with Crippen molar-refractivity contribution in [2.45, 2.75) is 63.3 Å². The number of amides is 2. The summed E-state index contributed by atoms with van der Waals surface area (Å²) in [4.78, 5) is 33.7. The van der Waals surface area contributed by atoms with Gasteiger partial charge >= 0.3 is 0 Å². The van der Waals surface area contributed by atoms with Crippen molar-refractivity contribution in [3.8, 4) is 17.6 Å². The number of nitrogens with two attached hydrogens (primary N) is 1. The number of hydrogen-bond acceptors (Lipinski definition) is 9. The largest absolute Gasteiger partial charge is 0.493 e. The van der Waals surface area contributed by atoms with Crippen molar-refractivity contribution in [2.24, 2.45) is 16.6 Å². The average molecular weight is 576 g/mol. The van der Waals surface area contributed by atoms with Gasteiger partial charge in [-0.05, 0) is 56.2 Å². The lowest BCUT2D eigenvalue weighted by Gasteiger charge is -2.44. The Morgan fingerprint density at radius 2 is 1.93 bits per heavy atom. The fourth-order valence-electron chi connectivity index (χ4n) is 6.15. The van der Waals surface area contributed by atoms with Gasteiger partial charge in [0, 0.05) is 29.7 Å². The molecule has 0 aliphatic carbocycles. The molecule has 42 heavy (non-hydrogen) atoms. The lowest BCUT2D eigenvalue weighted by molar-refractivity contribution is -0.133. The van der Waals surface area contributed by atoms with Crippen LogP contribution in [0.1, 0.15) is 79.2 Å². The molecule has 0 aromatic heterocycles. The third kappa shape index (κ3) is 5.16. The molecule has 0 saturated heterocycles. The Labute approximate surface area is 245 Å². The van der Waals surface area contributed by atoms with Crippen molar-refractivity contribution in [2.75, 3.05) is 26.9 Å². The van der Waals surface area contributed by atoms with E-state index in [2.05, 4.69) is 11.4 Å². The van der Waals surface area contributed by atoms with Crippen LogP contribution in [0, 0.1) is 17.2 Å². The van der Waals surface area contributed by atoms with E-state index >= 15 is 0 Å². The zero-order valence-corrected chi connectivity index (χ0v) is 24.3. The van der Waals surface area contributed by atoms with Crippen LogP contribution in [-0.2, 0) is 9.53 Å². The quantitative estimate of drug-likeness (QED) is 0.454. The molecule has 2 aromatic carbocycles. The predicted molar refractivity (Wildman–Crippen MR) is 154 cm³/mol. The third-order valence-corrected chi connectivity index (χ3v) is 8.68. The summed E-state index contributed by atoms with van der Waals surface area (Å²) in [5, 5.41) is 23.5. The third-order valence-electron chi connectivity index (χ3n) is 8.68. The maximum atomic E-state index is 13.7. The number of carbonyl (C=O) groups is 2. The number of ether oxygens (including phenoxy) is 3. The zero-order valence-electron chi connectivity index (χ0n) is 24.3. The minimum absolute atomic E-state index is 0.0393. The van der Waals surface area contributed by atoms with Crippen LogP contribution >= 0.6 is 0 Å². The van der Waals surface area contributed by atoms with Crippen LogP contribution in [0.4, 0.5) is 0 Å². The first-order valence-electron chi connectivity index (χ1n) is 14.2. The highest BCUT2D eigenvalue weighted by atomic mass is 16.5. The minimum Gasteiger partial charge on any atom is -0.493 e. The Balaban J connectivity index is 1.52. The summed E-state index contributed by atoms with van der Waals surface area (Å²) in [5.41, 5.74) is 6.34. The van der Waals surface area contributed by atoms with Crippen molar-refractivity contribution < 1.29 is 28.9 Å². The van der Waals surface area contributed by atoms with Gasteiger partial charge in [-0.15, -0.1) is 0 Å². The smallest absolute Gasteiger partial charge is 0.251 e. The van der Waals surface area contributed by atoms with Crippen LogP contribution in [0.25, 0.3) is 0 Å². The molecule has 4 atom stereocenters. The normalized spacial score (nSPS) is 26.1. The predicted octanol–water partition coefficient (Wildman–Crippen LogP) is 2.97. The van der Waals surface area contributed by atoms with Crippen LogP contribution in [0.3, 0.4) is 0 Å². The summed E-state index contributed by atoms with van der Waals surface area (Å²) in [6, 6.07) is 10.6. The van der Waals surface area contributed by atoms with Gasteiger partial charge in [0.25, 0.3) is 5.91 Å². The molecule has 222 valence electrons. The second-order valence-corrected chi connectivity index (χ2v) is 11.5. The van der Waals surface area contributed by atoms with E-state index in [9.17, 15) is 20.0 Å². The van der Waals surface area contributed by atoms with E-state index in [-0.39, 0.29) is 30.8 Å². The summed E-state index contributed by atoms with van der Waals surface area (Å²) in [6.07, 6.45) is 1.61. The Hall–Kier alpha value is -4.14. The van der Waals surface area contributed by atoms with Crippen molar-refractivity contribution in [3.05, 3.63) is 58.7 Å². The summed E-state index contributed by atoms with van der Waals surface area (Å²) in [5.74, 6) is 0.320. The van der Waals surface area contributed by atoms with Crippen LogP contribution in [0.2, 0.25) is 0 Å². The van der Waals surface area contributed by atoms with E-state index in [4.69, 9.17) is 24.9 Å². The molecule has 3 heterocycles. The average Bonchev–Trinajstić information content (AvgIpc) is 2.98. The molecule has 0 unspecified atom stereocenters. The van der Waals surface area contributed by atoms with Crippen LogP contribution in [-0.4, -0.2) is 65.9 Å². The first-order valence-corrected chi connectivity index (χ1v) is 14.2. The second kappa shape index (κ2) is 11.3. The second-order valence-electron chi connectivity index (χ2n) is 11.5. The zero-order chi connectivity index (χ0) is 30.2. The topological polar surface area (TPSA) is 160 Å². The number of guanidine groups is 1. The van der Waals surface area contributed by atoms with Crippen molar-refractivity contribution in [3.63, 3.8) is 0 Å². The molecular formula is C31H37N5O6. The van der Waals surface area contributed by atoms with E-state index in [0.29, 0.717) is 59.8 Å². The number of methoxy groups -OCH3 is 1. The maximum absolute atomic E-state index is 13.7. The molecule has 0 radical (unpaired) electrons. The first-order chi connectivity index (χ1) is 20.1. The number of nitrogens with one attached hydrogen (secondary N) is 1. The Bertz CT molecular complexity index is 1460. The fourth-order valence-corrected chi connectivity index (χ4v) is 6.15. The molecule has 11 heteroatoms. The van der Waals surface area contributed by atoms with E-state index in [1.807, 2.05) is 13.8 Å². The SMILES string of the molecule is CCC1(CC)CC(=O)N([C@H]2c3cc(C(=O)N[C@@H]4c5cc(C#N)ccc5OC[C@@]4(C)O)ccc3OC[C@H]2COC)C(N)=N1. The van der Waals surface area contributed by atoms with Gasteiger partial charge in [0.2, 0.25) is 5.91 Å². The van der Waals surface area contributed by atoms with Crippen LogP contribution in [0.5, 0.6) is 11.5 Å². The lowest BCUT2D eigenvalue weighted by atomic mass is 9.84. The molecule has 11 nitrogen and oxygen atoms in total. The highest BCUT2D eigenvalue weighted by Crippen LogP contribution is 2.43. The standard InChI is InChI=1S/C31H37N5O6/c1-5-31(6-2)13-25(37)36(29(33)35-31)26-20(15-40-4)16-41-23-10-8-19(12-21(23)26)28(38)34-27-22-11-18(14-32)7-9-24(22)42-17-30(27,3)39/h7-12,20,26-27,39H,5-6,13,15-17H2,1-4H3,(H2,33,35)(H,34,38)/t20-,26-,27-,30-/m1/s1. The number of fused-ring (bicyclic) bond motifs is 2. The Morgan fingerprint density at radius 3 is 2.60 bits per heavy atom. The maximum Gasteiger partial charge on any atom is 0.251 e. The van der Waals surface area contributed by atoms with Gasteiger partial charge in [-0.1, -0.05) is 13.8 Å². The molecule has 0 bridgehead atoms. The van der Waals surface area contributed by atoms with Gasteiger partial charge in [-0.3, -0.25) is 14.5 Å². The van der Waals surface area contributed by atoms with Crippen molar-refractivity contribution in [1.82, 2.24) is 10.2 Å². The number of carbonyl (C=O) groups excluding carboxylic acids is 2. The van der Waals surface area contributed by atoms with E-state index in [1.54, 1.807) is 50.4 Å². The molecular weight excluding hydrogens is 538 g/mol. The van der Waals surface area contributed by atoms with Crippen LogP contribution < -0.4 is 20.5 Å². The molecule has 0 spiro atoms. The van der Waals surface area contributed by atoms with Gasteiger partial charge in [-0.2, -0.15) is 5.26 Å². The van der Waals surface area contributed by atoms with Gasteiger partial charge in [0.05, 0.1) is 48.9 Å². The molecule has 2 aromatic rings. The highest BCUT2D eigenvalue weighted by Gasteiger charge is 2.46. The number of rotatable bonds is 7. The molecule has 2 amide bonds. The summed E-state index contributed by atoms with van der Waals surface area (Å²) in [6.45, 7) is 6.13. The number of nitrogens with zero attached hydrogens (tertiary/aromatic N) is 3. The van der Waals surface area contributed by atoms with Gasteiger partial charge in [-0.25, -0.2) is 4.99 Å². The van der Waals surface area contributed by atoms with E-state index in [0.717, 1.165) is 0 Å². The minimum atomic E-state index is -1.43. The van der Waals surface area contributed by atoms with Crippen molar-refractivity contribution >= 4 is 17.8 Å². The number of hydrogen-bond donors (Lipinski definition) is 3. The first kappa shape index (κ1) is 29.4. The summed E-state index contributed by atoms with van der Waals surface area (Å²) < 4.78 is 17.2. The molecule has 4 N–H and O–H groups in total. The fraction of sp³-hybridized carbons (Fsp3) is 0.484. The van der Waals surface area contributed by atoms with Crippen LogP contribution in [0.15, 0.2) is 41.4 Å². The summed E-state index contributed by atoms with van der Waals surface area (Å²) in [7, 11) is 1.58. The number of nitriles is 1. The monoisotopic (exact) mass is 575 g/mol. The molecule has 5 rings (SSSR count). The van der Waals surface area contributed by atoms with Gasteiger partial charge in [0.1, 0.15) is 23.7 Å². The van der Waals surface area contributed by atoms with E-state index in [1.165, 1.54) is 4.90 Å². The molecule has 0 saturated carbocycles. The lowest BCUT2D eigenvalue weighted by Crippen LogP contribution is -2.55. The molecule has 3 aliphatic heterocycles. The van der Waals surface area contributed by atoms with Gasteiger partial charge < -0.3 is 30.4 Å². The van der Waals surface area contributed by atoms with Gasteiger partial charge in [0.15, 0.2) is 5.96 Å². The number of benzene rings is 2. The molecule has 0 fully saturated rings. The molecule has 3 aliphatic rings. The van der Waals surface area contributed by atoms with E-state index < -0.39 is 29.1 Å². The number of aliphatic imine (C=N–C) groups is 1. The summed E-state index contributed by atoms with van der Waals surface area (Å²) >= 11 is 0. The Kier molecular flexibility index (Phi) is 7.88. The number of aliphatic hydroxyl groups is 1. The van der Waals surface area contributed by atoms with Crippen molar-refractivity contribution in [1.29, 1.82) is 5.26 Å².